The topological polar surface area (TPSA) is 0 Å². The Bertz CT molecular complexity index is 447. The van der Waals surface area contributed by atoms with Crippen molar-refractivity contribution >= 4 is 11.6 Å². The van der Waals surface area contributed by atoms with E-state index in [4.69, 9.17) is 0 Å². The largest absolute Gasteiger partial charge is 0.0988 e. The van der Waals surface area contributed by atoms with Gasteiger partial charge < -0.3 is 0 Å². The van der Waals surface area contributed by atoms with E-state index in [-0.39, 0.29) is 0 Å². The molecule has 1 aromatic rings. The molecular formula is C15H16. The summed E-state index contributed by atoms with van der Waals surface area (Å²) >= 11 is 0. The Morgan fingerprint density at radius 3 is 2.80 bits per heavy atom. The van der Waals surface area contributed by atoms with Crippen molar-refractivity contribution < 1.29 is 0 Å². The molecule has 0 amide bonds. The Hall–Kier alpha value is -1.56. The minimum atomic E-state index is 1.11. The zero-order valence-corrected chi connectivity index (χ0v) is 9.22. The van der Waals surface area contributed by atoms with Crippen LogP contribution in [0.5, 0.6) is 0 Å². The van der Waals surface area contributed by atoms with Gasteiger partial charge in [-0.3, -0.25) is 0 Å². The van der Waals surface area contributed by atoms with Crippen LogP contribution in [0.25, 0.3) is 11.6 Å². The molecule has 0 aliphatic heterocycles. The summed E-state index contributed by atoms with van der Waals surface area (Å²) in [5.74, 6) is 0. The zero-order chi connectivity index (χ0) is 10.8. The van der Waals surface area contributed by atoms with E-state index in [0.29, 0.717) is 0 Å². The maximum Gasteiger partial charge on any atom is -0.0221 e. The van der Waals surface area contributed by atoms with Crippen LogP contribution in [-0.4, -0.2) is 0 Å². The Labute approximate surface area is 91.6 Å². The average molecular weight is 196 g/mol. The first-order valence-corrected chi connectivity index (χ1v) is 5.32. The van der Waals surface area contributed by atoms with Gasteiger partial charge in [0.2, 0.25) is 0 Å². The van der Waals surface area contributed by atoms with E-state index in [1.54, 1.807) is 0 Å². The summed E-state index contributed by atoms with van der Waals surface area (Å²) < 4.78 is 0. The van der Waals surface area contributed by atoms with Gasteiger partial charge in [0.25, 0.3) is 0 Å². The van der Waals surface area contributed by atoms with Crippen molar-refractivity contribution in [2.24, 2.45) is 0 Å². The number of fused-ring (bicyclic) bond motifs is 1. The van der Waals surface area contributed by atoms with Crippen molar-refractivity contribution in [3.63, 3.8) is 0 Å². The van der Waals surface area contributed by atoms with Gasteiger partial charge in [-0.05, 0) is 42.0 Å². The maximum absolute atomic E-state index is 3.97. The minimum Gasteiger partial charge on any atom is -0.0988 e. The summed E-state index contributed by atoms with van der Waals surface area (Å²) in [5, 5.41) is 0. The minimum absolute atomic E-state index is 1.11. The van der Waals surface area contributed by atoms with Gasteiger partial charge in [-0.2, -0.15) is 0 Å². The molecular weight excluding hydrogens is 180 g/mol. The number of rotatable bonds is 2. The van der Waals surface area contributed by atoms with Crippen molar-refractivity contribution in [2.45, 2.75) is 19.8 Å². The van der Waals surface area contributed by atoms with Crippen molar-refractivity contribution in [2.75, 3.05) is 0 Å². The van der Waals surface area contributed by atoms with Crippen LogP contribution >= 0.6 is 0 Å². The molecule has 0 radical (unpaired) electrons. The number of benzene rings is 1. The van der Waals surface area contributed by atoms with Gasteiger partial charge in [0.05, 0.1) is 0 Å². The van der Waals surface area contributed by atoms with Crippen LogP contribution in [0.4, 0.5) is 0 Å². The summed E-state index contributed by atoms with van der Waals surface area (Å²) in [4.78, 5) is 0. The first kappa shape index (κ1) is 9.97. The van der Waals surface area contributed by atoms with E-state index in [2.05, 4.69) is 44.4 Å². The lowest BCUT2D eigenvalue weighted by Crippen LogP contribution is -1.98. The van der Waals surface area contributed by atoms with Crippen LogP contribution in [0, 0.1) is 0 Å². The van der Waals surface area contributed by atoms with Gasteiger partial charge in [0.15, 0.2) is 0 Å². The van der Waals surface area contributed by atoms with E-state index >= 15 is 0 Å². The molecule has 1 aliphatic rings. The Kier molecular flexibility index (Phi) is 2.59. The molecule has 15 heavy (non-hydrogen) atoms. The number of aryl methyl sites for hydroxylation is 1. The molecule has 2 rings (SSSR count). The molecule has 0 nitrogen and oxygen atoms in total. The molecule has 0 bridgehead atoms. The molecule has 0 atom stereocenters. The van der Waals surface area contributed by atoms with Gasteiger partial charge in [-0.15, -0.1) is 0 Å². The fourth-order valence-electron chi connectivity index (χ4n) is 1.94. The lowest BCUT2D eigenvalue weighted by molar-refractivity contribution is 0.950. The van der Waals surface area contributed by atoms with Gasteiger partial charge >= 0.3 is 0 Å². The summed E-state index contributed by atoms with van der Waals surface area (Å²) in [7, 11) is 0. The van der Waals surface area contributed by atoms with Gasteiger partial charge in [0.1, 0.15) is 0 Å². The highest BCUT2D eigenvalue weighted by molar-refractivity contribution is 5.68. The number of allylic oxidation sites excluding steroid dienone is 3. The Morgan fingerprint density at radius 1 is 1.33 bits per heavy atom. The molecule has 1 aromatic carbocycles. The second-order valence-corrected chi connectivity index (χ2v) is 4.12. The van der Waals surface area contributed by atoms with E-state index in [9.17, 15) is 0 Å². The molecule has 0 saturated heterocycles. The fourth-order valence-corrected chi connectivity index (χ4v) is 1.94. The number of hydrogen-bond acceptors (Lipinski definition) is 0. The third kappa shape index (κ3) is 1.94. The van der Waals surface area contributed by atoms with Crippen molar-refractivity contribution in [1.29, 1.82) is 0 Å². The second kappa shape index (κ2) is 3.90. The molecule has 0 N–H and O–H groups in total. The fraction of sp³-hybridized carbons (Fsp3) is 0.200. The SMILES string of the molecule is C=CC1=Cc2ccc(C(=C)C)cc2CC1. The highest BCUT2D eigenvalue weighted by Crippen LogP contribution is 2.26. The Balaban J connectivity index is 2.45. The van der Waals surface area contributed by atoms with Crippen LogP contribution in [-0.2, 0) is 6.42 Å². The monoisotopic (exact) mass is 196 g/mol. The van der Waals surface area contributed by atoms with Crippen molar-refractivity contribution in [1.82, 2.24) is 0 Å². The maximum atomic E-state index is 3.97. The van der Waals surface area contributed by atoms with Gasteiger partial charge in [-0.25, -0.2) is 0 Å². The zero-order valence-electron chi connectivity index (χ0n) is 9.22. The molecule has 0 fully saturated rings. The van der Waals surface area contributed by atoms with Crippen LogP contribution in [0.2, 0.25) is 0 Å². The normalized spacial score (nSPS) is 14.1. The van der Waals surface area contributed by atoms with E-state index in [0.717, 1.165) is 18.4 Å². The first-order valence-electron chi connectivity index (χ1n) is 5.32. The summed E-state index contributed by atoms with van der Waals surface area (Å²) in [5.41, 5.74) is 6.49. The van der Waals surface area contributed by atoms with E-state index in [1.165, 1.54) is 22.3 Å². The van der Waals surface area contributed by atoms with E-state index < -0.39 is 0 Å². The Morgan fingerprint density at radius 2 is 2.13 bits per heavy atom. The predicted molar refractivity (Wildman–Crippen MR) is 67.6 cm³/mol. The molecule has 1 aliphatic carbocycles. The molecule has 0 unspecified atom stereocenters. The molecule has 76 valence electrons. The van der Waals surface area contributed by atoms with Crippen LogP contribution in [0.15, 0.2) is 43.0 Å². The quantitative estimate of drug-likeness (QED) is 0.663. The van der Waals surface area contributed by atoms with Crippen molar-refractivity contribution in [3.8, 4) is 0 Å². The molecule has 0 heterocycles. The third-order valence-electron chi connectivity index (χ3n) is 2.92. The van der Waals surface area contributed by atoms with Gasteiger partial charge in [0, 0.05) is 0 Å². The summed E-state index contributed by atoms with van der Waals surface area (Å²) in [6.45, 7) is 9.85. The molecule has 0 saturated carbocycles. The van der Waals surface area contributed by atoms with E-state index in [1.807, 2.05) is 6.08 Å². The predicted octanol–water partition coefficient (Wildman–Crippen LogP) is 4.24. The van der Waals surface area contributed by atoms with Crippen LogP contribution < -0.4 is 0 Å². The highest BCUT2D eigenvalue weighted by Gasteiger charge is 2.09. The molecule has 0 aromatic heterocycles. The molecule has 0 heteroatoms. The summed E-state index contributed by atoms with van der Waals surface area (Å²) in [6.07, 6.45) is 6.41. The van der Waals surface area contributed by atoms with Crippen molar-refractivity contribution in [3.05, 3.63) is 59.7 Å². The van der Waals surface area contributed by atoms with Crippen LogP contribution in [0.1, 0.15) is 30.0 Å². The van der Waals surface area contributed by atoms with Crippen LogP contribution in [0.3, 0.4) is 0 Å². The van der Waals surface area contributed by atoms with Gasteiger partial charge in [-0.1, -0.05) is 49.1 Å². The smallest absolute Gasteiger partial charge is 0.0221 e. The first-order chi connectivity index (χ1) is 7.20. The average Bonchev–Trinajstić information content (AvgIpc) is 2.27. The molecule has 0 spiro atoms. The number of hydrogen-bond donors (Lipinski definition) is 0. The lowest BCUT2D eigenvalue weighted by Gasteiger charge is -2.15. The lowest BCUT2D eigenvalue weighted by atomic mass is 9.90. The summed E-state index contributed by atoms with van der Waals surface area (Å²) in [6, 6.07) is 6.58. The standard InChI is InChI=1S/C15H16/c1-4-12-5-6-15-10-13(11(2)3)7-8-14(15)9-12/h4,7-10H,1-2,5-6H2,3H3. The second-order valence-electron chi connectivity index (χ2n) is 4.12. The third-order valence-corrected chi connectivity index (χ3v) is 2.92. The highest BCUT2D eigenvalue weighted by atomic mass is 14.1.